The second-order valence-electron chi connectivity index (χ2n) is 11.9. The number of nitrogens with zero attached hydrogens (tertiary/aromatic N) is 3. The molecule has 0 aromatic heterocycles. The van der Waals surface area contributed by atoms with Crippen molar-refractivity contribution in [1.29, 1.82) is 0 Å². The SMILES string of the molecule is CC(F)(C1=CC=CC(Cl)[C@@H]1F)[C@@H]1N[C@@H]2NC(C3NN[C@@H](O)O3)=NC2(C2=C[C@H](Cl)CN=C2)N1C[C@H]1CC[C@H](C)CC1. The standard InChI is InChI=1S/C27H37Cl2F2N7O2/c1-14-6-8-15(9-7-14)13-38-24(26(2,31)18-4-3-5-19(29)20(18)30)34-23-27(38,16-10-17(28)12-32-11-16)35-21(33-23)22-36-37-25(39)40-22/h3-5,10-11,14-15,17,19-20,22-25,34,36-37,39H,6-9,12-13H2,1-2H3,(H,33,35)/t14-,15-,17-,19?,20+,22?,23-,24+,25-,26?,27?/m0/s1. The van der Waals surface area contributed by atoms with Crippen molar-refractivity contribution in [1.82, 2.24) is 26.4 Å². The number of hydrogen-bond donors (Lipinski definition) is 5. The lowest BCUT2D eigenvalue weighted by atomic mass is 9.81. The summed E-state index contributed by atoms with van der Waals surface area (Å²) in [5, 5.41) is 15.4. The van der Waals surface area contributed by atoms with Crippen LogP contribution in [0.2, 0.25) is 0 Å². The van der Waals surface area contributed by atoms with Crippen molar-refractivity contribution in [2.24, 2.45) is 21.8 Å². The van der Waals surface area contributed by atoms with Crippen LogP contribution in [-0.2, 0) is 4.74 Å². The summed E-state index contributed by atoms with van der Waals surface area (Å²) in [5.74, 6) is 1.37. The topological polar surface area (TPSA) is 106 Å². The Kier molecular flexibility index (Phi) is 7.88. The number of amidine groups is 1. The molecule has 4 unspecified atom stereocenters. The third kappa shape index (κ3) is 4.96. The van der Waals surface area contributed by atoms with Crippen LogP contribution in [0.1, 0.15) is 39.5 Å². The molecule has 13 heteroatoms. The molecular weight excluding hydrogens is 563 g/mol. The number of rotatable bonds is 6. The Morgan fingerprint density at radius 1 is 1.25 bits per heavy atom. The first kappa shape index (κ1) is 28.7. The van der Waals surface area contributed by atoms with Gasteiger partial charge in [-0.3, -0.25) is 15.2 Å². The van der Waals surface area contributed by atoms with Crippen molar-refractivity contribution in [2.75, 3.05) is 13.1 Å². The first-order valence-electron chi connectivity index (χ1n) is 14.1. The number of ether oxygens (including phenoxy) is 1. The van der Waals surface area contributed by atoms with E-state index >= 15 is 8.78 Å². The highest BCUT2D eigenvalue weighted by Gasteiger charge is 2.65. The summed E-state index contributed by atoms with van der Waals surface area (Å²) in [6.45, 7) is 4.63. The fraction of sp³-hybridized carbons (Fsp3) is 0.704. The Labute approximate surface area is 243 Å². The van der Waals surface area contributed by atoms with Gasteiger partial charge in [0, 0.05) is 23.9 Å². The lowest BCUT2D eigenvalue weighted by molar-refractivity contribution is -0.0854. The van der Waals surface area contributed by atoms with Crippen LogP contribution in [0.5, 0.6) is 0 Å². The highest BCUT2D eigenvalue weighted by molar-refractivity contribution is 6.23. The second kappa shape index (κ2) is 11.0. The van der Waals surface area contributed by atoms with E-state index in [-0.39, 0.29) is 11.0 Å². The Balaban J connectivity index is 1.44. The van der Waals surface area contributed by atoms with E-state index in [0.717, 1.165) is 31.3 Å². The molecule has 40 heavy (non-hydrogen) atoms. The van der Waals surface area contributed by atoms with Crippen LogP contribution in [0.3, 0.4) is 0 Å². The molecule has 2 saturated heterocycles. The van der Waals surface area contributed by atoms with Crippen LogP contribution in [0.4, 0.5) is 8.78 Å². The van der Waals surface area contributed by atoms with Crippen molar-refractivity contribution in [3.63, 3.8) is 0 Å². The number of hydrazine groups is 1. The first-order valence-corrected chi connectivity index (χ1v) is 14.9. The van der Waals surface area contributed by atoms with Gasteiger partial charge in [0.05, 0.1) is 17.3 Å². The number of hydrogen-bond acceptors (Lipinski definition) is 9. The fourth-order valence-electron chi connectivity index (χ4n) is 6.83. The third-order valence-corrected chi connectivity index (χ3v) is 9.65. The number of aliphatic hydroxyl groups excluding tert-OH is 1. The number of aliphatic imine (C=N–C) groups is 2. The summed E-state index contributed by atoms with van der Waals surface area (Å²) in [7, 11) is 0. The molecule has 220 valence electrons. The van der Waals surface area contributed by atoms with Gasteiger partial charge in [0.2, 0.25) is 6.41 Å². The minimum atomic E-state index is -2.14. The number of allylic oxidation sites excluding steroid dienone is 3. The summed E-state index contributed by atoms with van der Waals surface area (Å²) < 4.78 is 38.2. The van der Waals surface area contributed by atoms with Crippen molar-refractivity contribution < 1.29 is 18.6 Å². The van der Waals surface area contributed by atoms with E-state index in [2.05, 4.69) is 33.4 Å². The van der Waals surface area contributed by atoms with Crippen LogP contribution < -0.4 is 21.5 Å². The highest BCUT2D eigenvalue weighted by Crippen LogP contribution is 2.47. The molecule has 3 fully saturated rings. The minimum Gasteiger partial charge on any atom is -0.355 e. The maximum Gasteiger partial charge on any atom is 0.228 e. The van der Waals surface area contributed by atoms with Crippen molar-refractivity contribution >= 4 is 35.3 Å². The molecule has 6 aliphatic rings. The summed E-state index contributed by atoms with van der Waals surface area (Å²) >= 11 is 12.8. The van der Waals surface area contributed by atoms with Gasteiger partial charge in [0.15, 0.2) is 17.6 Å². The number of nitrogens with one attached hydrogen (secondary N) is 4. The van der Waals surface area contributed by atoms with E-state index in [4.69, 9.17) is 32.9 Å². The third-order valence-electron chi connectivity index (χ3n) is 9.02. The van der Waals surface area contributed by atoms with Crippen molar-refractivity contribution in [3.05, 3.63) is 35.5 Å². The molecule has 1 saturated carbocycles. The quantitative estimate of drug-likeness (QED) is 0.299. The number of halogens is 4. The molecule has 0 spiro atoms. The molecule has 0 radical (unpaired) electrons. The van der Waals surface area contributed by atoms with Gasteiger partial charge in [0.1, 0.15) is 24.3 Å². The van der Waals surface area contributed by atoms with Crippen LogP contribution >= 0.6 is 23.2 Å². The molecule has 9 nitrogen and oxygen atoms in total. The normalized spacial score (nSPS) is 45.0. The number of fused-ring (bicyclic) bond motifs is 1. The van der Waals surface area contributed by atoms with Crippen LogP contribution in [0.25, 0.3) is 0 Å². The van der Waals surface area contributed by atoms with Crippen LogP contribution in [-0.4, -0.2) is 88.4 Å². The lowest BCUT2D eigenvalue weighted by Crippen LogP contribution is -2.59. The summed E-state index contributed by atoms with van der Waals surface area (Å²) in [6.07, 6.45) is 7.31. The van der Waals surface area contributed by atoms with Gasteiger partial charge in [-0.15, -0.1) is 23.2 Å². The maximum atomic E-state index is 17.2. The van der Waals surface area contributed by atoms with Gasteiger partial charge in [-0.25, -0.2) is 24.6 Å². The smallest absolute Gasteiger partial charge is 0.228 e. The number of aliphatic hydroxyl groups is 1. The van der Waals surface area contributed by atoms with Crippen LogP contribution in [0.15, 0.2) is 45.4 Å². The highest BCUT2D eigenvalue weighted by atomic mass is 35.5. The van der Waals surface area contributed by atoms with Crippen LogP contribution in [0, 0.1) is 11.8 Å². The predicted octanol–water partition coefficient (Wildman–Crippen LogP) is 2.58. The lowest BCUT2D eigenvalue weighted by Gasteiger charge is -2.45. The van der Waals surface area contributed by atoms with Gasteiger partial charge in [-0.05, 0) is 31.6 Å². The van der Waals surface area contributed by atoms with E-state index in [1.807, 2.05) is 11.0 Å². The molecule has 9 atom stereocenters. The average Bonchev–Trinajstić information content (AvgIpc) is 3.60. The first-order chi connectivity index (χ1) is 19.1. The van der Waals surface area contributed by atoms with Gasteiger partial charge >= 0.3 is 0 Å². The zero-order valence-corrected chi connectivity index (χ0v) is 24.0. The van der Waals surface area contributed by atoms with Gasteiger partial charge in [-0.1, -0.05) is 44.1 Å². The minimum absolute atomic E-state index is 0.0104. The molecule has 4 heterocycles. The zero-order valence-electron chi connectivity index (χ0n) is 22.5. The van der Waals surface area contributed by atoms with E-state index in [1.54, 1.807) is 12.3 Å². The summed E-state index contributed by atoms with van der Waals surface area (Å²) in [6, 6.07) is 0. The Morgan fingerprint density at radius 2 is 2.02 bits per heavy atom. The Hall–Kier alpha value is -1.44. The number of dihydropyridines is 1. The molecular formula is C27H37Cl2F2N7O2. The zero-order chi connectivity index (χ0) is 28.2. The molecule has 6 rings (SSSR count). The molecule has 0 aromatic rings. The fourth-order valence-corrected chi connectivity index (χ4v) is 7.27. The monoisotopic (exact) mass is 599 g/mol. The van der Waals surface area contributed by atoms with Crippen molar-refractivity contribution in [2.45, 2.75) is 92.8 Å². The predicted molar refractivity (Wildman–Crippen MR) is 151 cm³/mol. The molecule has 4 aliphatic heterocycles. The summed E-state index contributed by atoms with van der Waals surface area (Å²) in [5.41, 5.74) is 2.91. The largest absolute Gasteiger partial charge is 0.355 e. The Morgan fingerprint density at radius 3 is 2.73 bits per heavy atom. The van der Waals surface area contributed by atoms with E-state index in [9.17, 15) is 5.11 Å². The summed E-state index contributed by atoms with van der Waals surface area (Å²) in [4.78, 5) is 11.7. The molecule has 0 amide bonds. The van der Waals surface area contributed by atoms with E-state index in [0.29, 0.717) is 30.8 Å². The van der Waals surface area contributed by atoms with Crippen molar-refractivity contribution in [3.8, 4) is 0 Å². The van der Waals surface area contributed by atoms with E-state index < -0.39 is 47.9 Å². The van der Waals surface area contributed by atoms with Gasteiger partial charge < -0.3 is 15.2 Å². The average molecular weight is 601 g/mol. The molecule has 2 aliphatic carbocycles. The van der Waals surface area contributed by atoms with E-state index in [1.165, 1.54) is 19.1 Å². The molecule has 5 N–H and O–H groups in total. The number of alkyl halides is 4. The van der Waals surface area contributed by atoms with Gasteiger partial charge in [-0.2, -0.15) is 0 Å². The molecule has 0 aromatic carbocycles. The second-order valence-corrected chi connectivity index (χ2v) is 12.9. The van der Waals surface area contributed by atoms with Gasteiger partial charge in [0.25, 0.3) is 0 Å². The maximum absolute atomic E-state index is 17.2. The Bertz CT molecular complexity index is 1140. The molecule has 0 bridgehead atoms.